The summed E-state index contributed by atoms with van der Waals surface area (Å²) in [6.07, 6.45) is 4.91. The van der Waals surface area contributed by atoms with Crippen LogP contribution in [-0.2, 0) is 4.79 Å². The lowest BCUT2D eigenvalue weighted by atomic mass is 9.95. The molecule has 0 aliphatic heterocycles. The first-order valence-corrected chi connectivity index (χ1v) is 8.17. The smallest absolute Gasteiger partial charge is 0.227 e. The highest BCUT2D eigenvalue weighted by atomic mass is 35.5. The number of halogens is 1. The van der Waals surface area contributed by atoms with Crippen molar-refractivity contribution in [2.45, 2.75) is 19.3 Å². The lowest BCUT2D eigenvalue weighted by Gasteiger charge is -2.17. The van der Waals surface area contributed by atoms with Crippen LogP contribution in [-0.4, -0.2) is 17.4 Å². The summed E-state index contributed by atoms with van der Waals surface area (Å²) < 4.78 is 0. The monoisotopic (exact) mass is 337 g/mol. The zero-order valence-electron chi connectivity index (χ0n) is 12.2. The molecule has 1 aromatic carbocycles. The summed E-state index contributed by atoms with van der Waals surface area (Å²) in [6.45, 7) is 0.598. The predicted octanol–water partition coefficient (Wildman–Crippen LogP) is 3.55. The summed E-state index contributed by atoms with van der Waals surface area (Å²) in [7, 11) is 0. The van der Waals surface area contributed by atoms with Crippen molar-refractivity contribution >= 4 is 35.3 Å². The van der Waals surface area contributed by atoms with Gasteiger partial charge in [-0.2, -0.15) is 0 Å². The standard InChI is InChI=1S/C16H19N3OS.ClH/c17-10-12-2-1-3-14(12)15(20)19-13-6-4-11(5-7-13)16-18-8-9-21-16;/h4-9,12,14H,1-3,10,17H2,(H,19,20);1H/t12-,14-;/m1./s1. The van der Waals surface area contributed by atoms with Crippen molar-refractivity contribution in [2.75, 3.05) is 11.9 Å². The second-order valence-corrected chi connectivity index (χ2v) is 6.33. The molecule has 2 atom stereocenters. The molecule has 22 heavy (non-hydrogen) atoms. The minimum absolute atomic E-state index is 0. The number of carbonyl (C=O) groups excluding carboxylic acids is 1. The number of amides is 1. The van der Waals surface area contributed by atoms with Crippen LogP contribution in [0.1, 0.15) is 19.3 Å². The summed E-state index contributed by atoms with van der Waals surface area (Å²) in [5, 5.41) is 5.96. The number of hydrogen-bond acceptors (Lipinski definition) is 4. The molecule has 4 nitrogen and oxygen atoms in total. The van der Waals surface area contributed by atoms with Crippen LogP contribution in [0.5, 0.6) is 0 Å². The average Bonchev–Trinajstić information content (AvgIpc) is 3.19. The molecule has 1 aromatic heterocycles. The van der Waals surface area contributed by atoms with Crippen LogP contribution in [0.25, 0.3) is 10.6 Å². The van der Waals surface area contributed by atoms with Crippen LogP contribution in [0.2, 0.25) is 0 Å². The minimum Gasteiger partial charge on any atom is -0.330 e. The maximum atomic E-state index is 12.3. The Bertz CT molecular complexity index is 600. The van der Waals surface area contributed by atoms with Gasteiger partial charge in [0.2, 0.25) is 5.91 Å². The molecule has 6 heteroatoms. The summed E-state index contributed by atoms with van der Waals surface area (Å²) in [6, 6.07) is 7.84. The van der Waals surface area contributed by atoms with Crippen molar-refractivity contribution < 1.29 is 4.79 Å². The number of anilines is 1. The molecule has 3 N–H and O–H groups in total. The van der Waals surface area contributed by atoms with E-state index in [1.807, 2.05) is 29.6 Å². The van der Waals surface area contributed by atoms with Gasteiger partial charge in [0, 0.05) is 28.7 Å². The fourth-order valence-electron chi connectivity index (χ4n) is 2.96. The molecule has 1 aliphatic carbocycles. The Kier molecular flexibility index (Phi) is 5.94. The maximum Gasteiger partial charge on any atom is 0.227 e. The zero-order chi connectivity index (χ0) is 14.7. The molecule has 0 unspecified atom stereocenters. The molecule has 3 rings (SSSR count). The van der Waals surface area contributed by atoms with Crippen LogP contribution in [0.3, 0.4) is 0 Å². The molecule has 118 valence electrons. The molecular weight excluding hydrogens is 318 g/mol. The quantitative estimate of drug-likeness (QED) is 0.896. The first-order valence-electron chi connectivity index (χ1n) is 7.29. The van der Waals surface area contributed by atoms with E-state index < -0.39 is 0 Å². The highest BCUT2D eigenvalue weighted by molar-refractivity contribution is 7.13. The van der Waals surface area contributed by atoms with Crippen LogP contribution in [0.15, 0.2) is 35.8 Å². The van der Waals surface area contributed by atoms with Crippen LogP contribution < -0.4 is 11.1 Å². The summed E-state index contributed by atoms with van der Waals surface area (Å²) >= 11 is 1.61. The van der Waals surface area contributed by atoms with E-state index in [9.17, 15) is 4.79 Å². The molecule has 0 radical (unpaired) electrons. The van der Waals surface area contributed by atoms with Gasteiger partial charge in [0.05, 0.1) is 0 Å². The number of carbonyl (C=O) groups is 1. The number of nitrogens with two attached hydrogens (primary N) is 1. The molecule has 1 amide bonds. The van der Waals surface area contributed by atoms with E-state index >= 15 is 0 Å². The maximum absolute atomic E-state index is 12.3. The summed E-state index contributed by atoms with van der Waals surface area (Å²) in [4.78, 5) is 16.6. The third kappa shape index (κ3) is 3.66. The van der Waals surface area contributed by atoms with Crippen LogP contribution >= 0.6 is 23.7 Å². The Morgan fingerprint density at radius 1 is 1.32 bits per heavy atom. The average molecular weight is 338 g/mol. The van der Waals surface area contributed by atoms with E-state index in [0.29, 0.717) is 12.5 Å². The Morgan fingerprint density at radius 2 is 2.09 bits per heavy atom. The van der Waals surface area contributed by atoms with Gasteiger partial charge in [-0.25, -0.2) is 4.98 Å². The topological polar surface area (TPSA) is 68.0 Å². The van der Waals surface area contributed by atoms with Gasteiger partial charge in [0.25, 0.3) is 0 Å². The van der Waals surface area contributed by atoms with E-state index in [4.69, 9.17) is 5.73 Å². The highest BCUT2D eigenvalue weighted by Gasteiger charge is 2.31. The Hall–Kier alpha value is -1.43. The van der Waals surface area contributed by atoms with E-state index in [1.54, 1.807) is 17.5 Å². The third-order valence-corrected chi connectivity index (χ3v) is 4.95. The van der Waals surface area contributed by atoms with E-state index in [-0.39, 0.29) is 24.2 Å². The van der Waals surface area contributed by atoms with Crippen molar-refractivity contribution in [1.82, 2.24) is 4.98 Å². The van der Waals surface area contributed by atoms with E-state index in [2.05, 4.69) is 10.3 Å². The van der Waals surface area contributed by atoms with Gasteiger partial charge in [0.1, 0.15) is 5.01 Å². The number of thiazole rings is 1. The highest BCUT2D eigenvalue weighted by Crippen LogP contribution is 2.32. The summed E-state index contributed by atoms with van der Waals surface area (Å²) in [5.41, 5.74) is 7.65. The molecule has 1 aliphatic rings. The Morgan fingerprint density at radius 3 is 2.73 bits per heavy atom. The molecule has 0 bridgehead atoms. The fourth-order valence-corrected chi connectivity index (χ4v) is 3.61. The molecular formula is C16H20ClN3OS. The van der Waals surface area contributed by atoms with Gasteiger partial charge in [-0.3, -0.25) is 4.79 Å². The van der Waals surface area contributed by atoms with Gasteiger partial charge in [-0.1, -0.05) is 6.42 Å². The van der Waals surface area contributed by atoms with Crippen molar-refractivity contribution in [3.05, 3.63) is 35.8 Å². The molecule has 0 saturated heterocycles. The number of nitrogens with zero attached hydrogens (tertiary/aromatic N) is 1. The molecule has 1 saturated carbocycles. The Labute approximate surface area is 140 Å². The van der Waals surface area contributed by atoms with Crippen molar-refractivity contribution in [3.63, 3.8) is 0 Å². The number of aromatic nitrogens is 1. The first-order chi connectivity index (χ1) is 10.3. The van der Waals surface area contributed by atoms with Crippen LogP contribution in [0.4, 0.5) is 5.69 Å². The Balaban J connectivity index is 0.00000176. The van der Waals surface area contributed by atoms with Crippen LogP contribution in [0, 0.1) is 11.8 Å². The van der Waals surface area contributed by atoms with Gasteiger partial charge < -0.3 is 11.1 Å². The van der Waals surface area contributed by atoms with Crippen molar-refractivity contribution in [2.24, 2.45) is 17.6 Å². The zero-order valence-corrected chi connectivity index (χ0v) is 13.8. The van der Waals surface area contributed by atoms with Gasteiger partial charge in [-0.05, 0) is 49.6 Å². The van der Waals surface area contributed by atoms with E-state index in [1.165, 1.54) is 0 Å². The van der Waals surface area contributed by atoms with Crippen molar-refractivity contribution in [1.29, 1.82) is 0 Å². The predicted molar refractivity (Wildman–Crippen MR) is 93.3 cm³/mol. The lowest BCUT2D eigenvalue weighted by Crippen LogP contribution is -2.29. The SMILES string of the molecule is Cl.NC[C@H]1CCC[C@H]1C(=O)Nc1ccc(-c2nccs2)cc1. The second kappa shape index (κ2) is 7.72. The molecule has 1 heterocycles. The number of benzene rings is 1. The number of nitrogens with one attached hydrogen (secondary N) is 1. The molecule has 2 aromatic rings. The van der Waals surface area contributed by atoms with Gasteiger partial charge in [-0.15, -0.1) is 23.7 Å². The normalized spacial score (nSPS) is 20.4. The third-order valence-electron chi connectivity index (χ3n) is 4.13. The molecule has 1 fully saturated rings. The first kappa shape index (κ1) is 16.9. The fraction of sp³-hybridized carbons (Fsp3) is 0.375. The second-order valence-electron chi connectivity index (χ2n) is 5.44. The van der Waals surface area contributed by atoms with Gasteiger partial charge >= 0.3 is 0 Å². The lowest BCUT2D eigenvalue weighted by molar-refractivity contribution is -0.120. The number of hydrogen-bond donors (Lipinski definition) is 2. The molecule has 0 spiro atoms. The minimum atomic E-state index is 0. The number of rotatable bonds is 4. The summed E-state index contributed by atoms with van der Waals surface area (Å²) in [5.74, 6) is 0.498. The largest absolute Gasteiger partial charge is 0.330 e. The van der Waals surface area contributed by atoms with Gasteiger partial charge in [0.15, 0.2) is 0 Å². The van der Waals surface area contributed by atoms with Crippen molar-refractivity contribution in [3.8, 4) is 10.6 Å². The van der Waals surface area contributed by atoms with E-state index in [0.717, 1.165) is 35.5 Å².